The highest BCUT2D eigenvalue weighted by atomic mass is 35.5. The van der Waals surface area contributed by atoms with Gasteiger partial charge in [-0.3, -0.25) is 4.90 Å². The summed E-state index contributed by atoms with van der Waals surface area (Å²) in [5.74, 6) is -1.14. The maximum atomic E-state index is 12.6. The molecule has 23 heavy (non-hydrogen) atoms. The summed E-state index contributed by atoms with van der Waals surface area (Å²) in [6, 6.07) is 1.29. The van der Waals surface area contributed by atoms with Gasteiger partial charge in [-0.25, -0.2) is 0 Å². The van der Waals surface area contributed by atoms with Gasteiger partial charge >= 0.3 is 6.18 Å². The van der Waals surface area contributed by atoms with Crippen LogP contribution in [0.5, 0.6) is 17.2 Å². The molecule has 9 heteroatoms. The predicted octanol–water partition coefficient (Wildman–Crippen LogP) is 2.51. The Labute approximate surface area is 138 Å². The first-order valence-electron chi connectivity index (χ1n) is 7.04. The molecule has 1 heterocycles. The normalized spacial score (nSPS) is 17.5. The number of hydrogen-bond donors (Lipinski definition) is 4. The molecule has 0 saturated carbocycles. The minimum atomic E-state index is -4.31. The van der Waals surface area contributed by atoms with E-state index in [9.17, 15) is 28.5 Å². The monoisotopic (exact) mass is 356 g/mol. The zero-order valence-electron chi connectivity index (χ0n) is 12.3. The van der Waals surface area contributed by atoms with Gasteiger partial charge in [0.2, 0.25) is 0 Å². The number of rotatable bonds is 4. The van der Waals surface area contributed by atoms with Crippen LogP contribution in [-0.4, -0.2) is 52.6 Å². The molecule has 0 bridgehead atoms. The number of nitrogens with one attached hydrogen (secondary N) is 1. The van der Waals surface area contributed by atoms with Crippen LogP contribution >= 0.6 is 12.4 Å². The second kappa shape index (κ2) is 7.94. The van der Waals surface area contributed by atoms with Crippen molar-refractivity contribution in [3.05, 3.63) is 17.7 Å². The highest BCUT2D eigenvalue weighted by Crippen LogP contribution is 2.42. The molecule has 0 aromatic heterocycles. The predicted molar refractivity (Wildman–Crippen MR) is 81.2 cm³/mol. The number of piperazine rings is 1. The number of alkyl halides is 3. The van der Waals surface area contributed by atoms with Crippen molar-refractivity contribution in [3.8, 4) is 17.2 Å². The summed E-state index contributed by atoms with van der Waals surface area (Å²) in [6.45, 7) is 2.29. The quantitative estimate of drug-likeness (QED) is 0.667. The molecule has 4 N–H and O–H groups in total. The molecule has 5 nitrogen and oxygen atoms in total. The van der Waals surface area contributed by atoms with E-state index in [0.29, 0.717) is 26.2 Å². The Kier molecular flexibility index (Phi) is 6.79. The Balaban J connectivity index is 0.00000264. The maximum Gasteiger partial charge on any atom is 0.389 e. The molecule has 1 saturated heterocycles. The first-order chi connectivity index (χ1) is 10.3. The lowest BCUT2D eigenvalue weighted by atomic mass is 9.97. The lowest BCUT2D eigenvalue weighted by Gasteiger charge is -2.36. The summed E-state index contributed by atoms with van der Waals surface area (Å²) in [5.41, 5.74) is 0.0314. The molecule has 0 spiro atoms. The van der Waals surface area contributed by atoms with E-state index >= 15 is 0 Å². The smallest absolute Gasteiger partial charge is 0.389 e. The molecular weight excluding hydrogens is 337 g/mol. The SMILES string of the molecule is Cl.Oc1cc(O)c([C@H](CCC(F)(F)F)N2CCNCC2)c(O)c1. The van der Waals surface area contributed by atoms with Crippen LogP contribution in [0.25, 0.3) is 0 Å². The van der Waals surface area contributed by atoms with Crippen molar-refractivity contribution < 1.29 is 28.5 Å². The lowest BCUT2D eigenvalue weighted by molar-refractivity contribution is -0.138. The van der Waals surface area contributed by atoms with Gasteiger partial charge in [-0.1, -0.05) is 0 Å². The number of hydrogen-bond acceptors (Lipinski definition) is 5. The Hall–Kier alpha value is -1.38. The van der Waals surface area contributed by atoms with Gasteiger partial charge in [-0.2, -0.15) is 13.2 Å². The van der Waals surface area contributed by atoms with E-state index in [0.717, 1.165) is 12.1 Å². The maximum absolute atomic E-state index is 12.6. The van der Waals surface area contributed by atoms with Gasteiger partial charge in [0.25, 0.3) is 0 Å². The van der Waals surface area contributed by atoms with Crippen LogP contribution in [-0.2, 0) is 0 Å². The zero-order valence-corrected chi connectivity index (χ0v) is 13.1. The first-order valence-corrected chi connectivity index (χ1v) is 7.04. The van der Waals surface area contributed by atoms with Gasteiger partial charge in [0, 0.05) is 50.8 Å². The van der Waals surface area contributed by atoms with Crippen LogP contribution < -0.4 is 5.32 Å². The number of benzene rings is 1. The number of phenolic OH excluding ortho intramolecular Hbond substituents is 3. The van der Waals surface area contributed by atoms with Gasteiger partial charge in [-0.05, 0) is 6.42 Å². The van der Waals surface area contributed by atoms with Crippen molar-refractivity contribution in [3.63, 3.8) is 0 Å². The van der Waals surface area contributed by atoms with Crippen LogP contribution in [0.2, 0.25) is 0 Å². The Morgan fingerprint density at radius 2 is 1.61 bits per heavy atom. The third-order valence-electron chi connectivity index (χ3n) is 3.75. The average molecular weight is 357 g/mol. The van der Waals surface area contributed by atoms with E-state index in [1.54, 1.807) is 4.90 Å². The molecule has 2 rings (SSSR count). The van der Waals surface area contributed by atoms with Crippen LogP contribution in [0.1, 0.15) is 24.4 Å². The Morgan fingerprint density at radius 3 is 2.09 bits per heavy atom. The largest absolute Gasteiger partial charge is 0.508 e. The van der Waals surface area contributed by atoms with E-state index in [1.807, 2.05) is 0 Å². The van der Waals surface area contributed by atoms with Crippen LogP contribution in [0, 0.1) is 0 Å². The Morgan fingerprint density at radius 1 is 1.09 bits per heavy atom. The summed E-state index contributed by atoms with van der Waals surface area (Å²) >= 11 is 0. The summed E-state index contributed by atoms with van der Waals surface area (Å²) in [5, 5.41) is 32.4. The molecule has 1 aliphatic rings. The van der Waals surface area contributed by atoms with Crippen LogP contribution in [0.4, 0.5) is 13.2 Å². The number of halogens is 4. The zero-order chi connectivity index (χ0) is 16.3. The molecule has 0 unspecified atom stereocenters. The van der Waals surface area contributed by atoms with E-state index in [1.165, 1.54) is 0 Å². The summed E-state index contributed by atoms with van der Waals surface area (Å²) in [4.78, 5) is 1.80. The van der Waals surface area contributed by atoms with E-state index in [-0.39, 0.29) is 30.1 Å². The molecule has 132 valence electrons. The highest BCUT2D eigenvalue weighted by Gasteiger charge is 2.33. The molecular formula is C14H20ClF3N2O3. The molecule has 1 fully saturated rings. The minimum Gasteiger partial charge on any atom is -0.508 e. The number of aromatic hydroxyl groups is 3. The van der Waals surface area contributed by atoms with Crippen molar-refractivity contribution in [1.82, 2.24) is 10.2 Å². The Bertz CT molecular complexity index is 499. The second-order valence-electron chi connectivity index (χ2n) is 5.35. The van der Waals surface area contributed by atoms with E-state index < -0.39 is 30.1 Å². The first kappa shape index (κ1) is 19.7. The second-order valence-corrected chi connectivity index (χ2v) is 5.35. The third kappa shape index (κ3) is 5.33. The fraction of sp³-hybridized carbons (Fsp3) is 0.571. The van der Waals surface area contributed by atoms with E-state index in [2.05, 4.69) is 5.32 Å². The van der Waals surface area contributed by atoms with Gasteiger partial charge < -0.3 is 20.6 Å². The van der Waals surface area contributed by atoms with Crippen molar-refractivity contribution in [2.24, 2.45) is 0 Å². The lowest BCUT2D eigenvalue weighted by Crippen LogP contribution is -2.45. The molecule has 0 radical (unpaired) electrons. The molecule has 0 amide bonds. The number of phenols is 3. The minimum absolute atomic E-state index is 0. The van der Waals surface area contributed by atoms with Crippen molar-refractivity contribution in [1.29, 1.82) is 0 Å². The molecule has 1 atom stereocenters. The van der Waals surface area contributed by atoms with Crippen molar-refractivity contribution >= 4 is 12.4 Å². The van der Waals surface area contributed by atoms with Gasteiger partial charge in [0.15, 0.2) is 0 Å². The third-order valence-corrected chi connectivity index (χ3v) is 3.75. The van der Waals surface area contributed by atoms with Crippen molar-refractivity contribution in [2.75, 3.05) is 26.2 Å². The van der Waals surface area contributed by atoms with Crippen molar-refractivity contribution in [2.45, 2.75) is 25.1 Å². The summed E-state index contributed by atoms with van der Waals surface area (Å²) in [6.07, 6.45) is -5.59. The number of nitrogens with zero attached hydrogens (tertiary/aromatic N) is 1. The topological polar surface area (TPSA) is 76.0 Å². The van der Waals surface area contributed by atoms with Gasteiger partial charge in [-0.15, -0.1) is 12.4 Å². The fourth-order valence-electron chi connectivity index (χ4n) is 2.75. The summed E-state index contributed by atoms with van der Waals surface area (Å²) in [7, 11) is 0. The molecule has 0 aliphatic carbocycles. The summed E-state index contributed by atoms with van der Waals surface area (Å²) < 4.78 is 37.7. The van der Waals surface area contributed by atoms with Crippen LogP contribution in [0.3, 0.4) is 0 Å². The highest BCUT2D eigenvalue weighted by molar-refractivity contribution is 5.85. The average Bonchev–Trinajstić information content (AvgIpc) is 2.41. The van der Waals surface area contributed by atoms with Gasteiger partial charge in [0.05, 0.1) is 5.56 Å². The standard InChI is InChI=1S/C14H19F3N2O3.ClH/c15-14(16,17)2-1-10(19-5-3-18-4-6-19)13-11(21)7-9(20)8-12(13)22;/h7-8,10,18,20-22H,1-6H2;1H/t10-;/m0./s1. The van der Waals surface area contributed by atoms with Crippen LogP contribution in [0.15, 0.2) is 12.1 Å². The molecule has 1 aromatic carbocycles. The fourth-order valence-corrected chi connectivity index (χ4v) is 2.75. The van der Waals surface area contributed by atoms with E-state index in [4.69, 9.17) is 0 Å². The van der Waals surface area contributed by atoms with Gasteiger partial charge in [0.1, 0.15) is 17.2 Å². The molecule has 1 aliphatic heterocycles. The molecule has 1 aromatic rings.